The average Bonchev–Trinajstić information content (AvgIpc) is 3.65. The Kier molecular flexibility index (Phi) is 7.22. The van der Waals surface area contributed by atoms with Crippen LogP contribution in [0.3, 0.4) is 0 Å². The van der Waals surface area contributed by atoms with E-state index in [4.69, 9.17) is 9.57 Å². The number of aromatic nitrogens is 3. The van der Waals surface area contributed by atoms with Gasteiger partial charge in [0.15, 0.2) is 0 Å². The first-order valence-electron chi connectivity index (χ1n) is 13.6. The molecule has 10 nitrogen and oxygen atoms in total. The first-order chi connectivity index (χ1) is 20.1. The molecular formula is C31H30N6O4. The number of hydrogen-bond donors (Lipinski definition) is 2. The molecule has 1 unspecified atom stereocenters. The van der Waals surface area contributed by atoms with Crippen LogP contribution < -0.4 is 15.7 Å². The predicted octanol–water partition coefficient (Wildman–Crippen LogP) is 4.78. The molecule has 2 aliphatic heterocycles. The number of hydroxylamine groups is 1. The summed E-state index contributed by atoms with van der Waals surface area (Å²) >= 11 is 0. The van der Waals surface area contributed by atoms with Gasteiger partial charge in [-0.2, -0.15) is 0 Å². The number of alkyl carbamates (subject to hydrolysis) is 1. The third kappa shape index (κ3) is 5.05. The Labute approximate surface area is 237 Å². The molecule has 4 aromatic rings. The van der Waals surface area contributed by atoms with Crippen molar-refractivity contribution in [2.24, 2.45) is 0 Å². The summed E-state index contributed by atoms with van der Waals surface area (Å²) in [5.74, 6) is -0.117. The molecule has 3 aromatic carbocycles. The molecule has 1 atom stereocenters. The second kappa shape index (κ2) is 11.3. The van der Waals surface area contributed by atoms with Crippen molar-refractivity contribution in [1.29, 1.82) is 0 Å². The fourth-order valence-electron chi connectivity index (χ4n) is 5.17. The van der Waals surface area contributed by atoms with E-state index in [1.807, 2.05) is 83.6 Å². The standard InChI is InChI=1S/C31H30N6O4/c1-3-16-37-29-23-8-4-5-9-24(23)30(38)36(27-11-7-6-10-25(27)28(29)33-35-37)18-22-17-26(34-41-22)21-14-12-20(13-15-21)19-40-31(39)32-2/h4-15,17,22,34H,3,16,18-19H2,1-2H3,(H,32,39). The second-order valence-electron chi connectivity index (χ2n) is 9.85. The van der Waals surface area contributed by atoms with Crippen molar-refractivity contribution in [1.82, 2.24) is 25.8 Å². The number of anilines is 1. The number of benzene rings is 3. The molecule has 0 bridgehead atoms. The largest absolute Gasteiger partial charge is 0.445 e. The Balaban J connectivity index is 1.32. The van der Waals surface area contributed by atoms with Gasteiger partial charge in [0, 0.05) is 30.3 Å². The Morgan fingerprint density at radius 1 is 1.02 bits per heavy atom. The summed E-state index contributed by atoms with van der Waals surface area (Å²) in [4.78, 5) is 33.2. The molecule has 6 rings (SSSR count). The minimum atomic E-state index is -0.477. The normalized spacial score (nSPS) is 15.6. The molecule has 2 aliphatic rings. The third-order valence-electron chi connectivity index (χ3n) is 7.15. The van der Waals surface area contributed by atoms with Gasteiger partial charge in [-0.3, -0.25) is 15.1 Å². The number of carbonyl (C=O) groups is 2. The lowest BCUT2D eigenvalue weighted by molar-refractivity contribution is 0.0540. The van der Waals surface area contributed by atoms with E-state index in [2.05, 4.69) is 28.0 Å². The molecule has 10 heteroatoms. The van der Waals surface area contributed by atoms with Crippen LogP contribution in [0.5, 0.6) is 0 Å². The van der Waals surface area contributed by atoms with Crippen LogP contribution in [0.4, 0.5) is 10.5 Å². The van der Waals surface area contributed by atoms with Gasteiger partial charge in [0.1, 0.15) is 18.4 Å². The van der Waals surface area contributed by atoms with Crippen LogP contribution >= 0.6 is 0 Å². The second-order valence-corrected chi connectivity index (χ2v) is 9.85. The van der Waals surface area contributed by atoms with E-state index in [-0.39, 0.29) is 19.1 Å². The molecule has 3 heterocycles. The number of rotatable bonds is 7. The summed E-state index contributed by atoms with van der Waals surface area (Å²) in [5, 5.41) is 11.5. The summed E-state index contributed by atoms with van der Waals surface area (Å²) in [6, 6.07) is 23.1. The summed E-state index contributed by atoms with van der Waals surface area (Å²) in [5.41, 5.74) is 10.2. The van der Waals surface area contributed by atoms with E-state index >= 15 is 0 Å². The van der Waals surface area contributed by atoms with Crippen molar-refractivity contribution < 1.29 is 19.2 Å². The number of para-hydroxylation sites is 1. The van der Waals surface area contributed by atoms with Gasteiger partial charge in [0.25, 0.3) is 5.91 Å². The van der Waals surface area contributed by atoms with Gasteiger partial charge in [0.05, 0.1) is 23.6 Å². The van der Waals surface area contributed by atoms with Crippen molar-refractivity contribution in [3.63, 3.8) is 0 Å². The Hall–Kier alpha value is -4.96. The molecule has 0 fully saturated rings. The number of nitrogens with one attached hydrogen (secondary N) is 2. The minimum absolute atomic E-state index is 0.117. The fourth-order valence-corrected chi connectivity index (χ4v) is 5.17. The van der Waals surface area contributed by atoms with Gasteiger partial charge < -0.3 is 15.0 Å². The lowest BCUT2D eigenvalue weighted by atomic mass is 9.95. The SMILES string of the molecule is CCCn1nnc2c1-c1ccccc1C(=O)N(CC1C=C(c3ccc(COC(=O)NC)cc3)NO1)c1ccccc1-2. The fraction of sp³-hybridized carbons (Fsp3) is 0.226. The van der Waals surface area contributed by atoms with Gasteiger partial charge >= 0.3 is 6.09 Å². The van der Waals surface area contributed by atoms with Crippen LogP contribution in [-0.4, -0.2) is 46.7 Å². The molecule has 0 saturated carbocycles. The van der Waals surface area contributed by atoms with E-state index in [0.717, 1.165) is 51.4 Å². The third-order valence-corrected chi connectivity index (χ3v) is 7.15. The Morgan fingerprint density at radius 2 is 1.76 bits per heavy atom. The first-order valence-corrected chi connectivity index (χ1v) is 13.6. The molecule has 2 N–H and O–H groups in total. The Morgan fingerprint density at radius 3 is 2.51 bits per heavy atom. The van der Waals surface area contributed by atoms with Gasteiger partial charge in [-0.15, -0.1) is 5.10 Å². The maximum absolute atomic E-state index is 14.2. The molecule has 208 valence electrons. The van der Waals surface area contributed by atoms with Crippen LogP contribution in [-0.2, 0) is 22.7 Å². The predicted molar refractivity (Wildman–Crippen MR) is 155 cm³/mol. The topological polar surface area (TPSA) is 111 Å². The highest BCUT2D eigenvalue weighted by Crippen LogP contribution is 2.41. The average molecular weight is 551 g/mol. The number of hydrogen-bond acceptors (Lipinski definition) is 7. The maximum Gasteiger partial charge on any atom is 0.407 e. The zero-order valence-corrected chi connectivity index (χ0v) is 22.8. The number of aryl methyl sites for hydroxylation is 1. The number of ether oxygens (including phenoxy) is 1. The lowest BCUT2D eigenvalue weighted by Crippen LogP contribution is -2.39. The highest BCUT2D eigenvalue weighted by Gasteiger charge is 2.33. The van der Waals surface area contributed by atoms with E-state index in [9.17, 15) is 9.59 Å². The summed E-state index contributed by atoms with van der Waals surface area (Å²) in [6.07, 6.45) is 1.99. The van der Waals surface area contributed by atoms with Crippen LogP contribution in [0.2, 0.25) is 0 Å². The summed E-state index contributed by atoms with van der Waals surface area (Å²) in [7, 11) is 1.52. The Bertz CT molecular complexity index is 1630. The van der Waals surface area contributed by atoms with Crippen molar-refractivity contribution in [3.8, 4) is 22.5 Å². The van der Waals surface area contributed by atoms with E-state index in [1.54, 1.807) is 4.90 Å². The van der Waals surface area contributed by atoms with Gasteiger partial charge in [-0.1, -0.05) is 72.8 Å². The van der Waals surface area contributed by atoms with Gasteiger partial charge in [-0.25, -0.2) is 9.48 Å². The molecule has 0 radical (unpaired) electrons. The maximum atomic E-state index is 14.2. The van der Waals surface area contributed by atoms with Gasteiger partial charge in [0.2, 0.25) is 0 Å². The minimum Gasteiger partial charge on any atom is -0.445 e. The van der Waals surface area contributed by atoms with Crippen molar-refractivity contribution in [3.05, 3.63) is 95.6 Å². The number of fused-ring (bicyclic) bond motifs is 5. The summed E-state index contributed by atoms with van der Waals surface area (Å²) in [6.45, 7) is 3.26. The van der Waals surface area contributed by atoms with E-state index in [0.29, 0.717) is 12.1 Å². The molecule has 0 spiro atoms. The molecule has 2 amide bonds. The number of nitrogens with zero attached hydrogens (tertiary/aromatic N) is 4. The highest BCUT2D eigenvalue weighted by molar-refractivity contribution is 6.14. The quantitative estimate of drug-likeness (QED) is 0.341. The smallest absolute Gasteiger partial charge is 0.407 e. The zero-order valence-electron chi connectivity index (χ0n) is 22.8. The van der Waals surface area contributed by atoms with Crippen LogP contribution in [0, 0.1) is 0 Å². The molecule has 0 aliphatic carbocycles. The van der Waals surface area contributed by atoms with Crippen molar-refractivity contribution in [2.75, 3.05) is 18.5 Å². The first kappa shape index (κ1) is 26.3. The van der Waals surface area contributed by atoms with Gasteiger partial charge in [-0.05, 0) is 35.8 Å². The summed E-state index contributed by atoms with van der Waals surface area (Å²) < 4.78 is 7.00. The molecule has 0 saturated heterocycles. The lowest BCUT2D eigenvalue weighted by Gasteiger charge is -2.29. The van der Waals surface area contributed by atoms with Crippen LogP contribution in [0.15, 0.2) is 78.9 Å². The van der Waals surface area contributed by atoms with Crippen LogP contribution in [0.1, 0.15) is 34.8 Å². The highest BCUT2D eigenvalue weighted by atomic mass is 16.7. The molecule has 1 aromatic heterocycles. The number of amides is 2. The van der Waals surface area contributed by atoms with E-state index in [1.165, 1.54) is 7.05 Å². The van der Waals surface area contributed by atoms with E-state index < -0.39 is 12.2 Å². The van der Waals surface area contributed by atoms with Crippen molar-refractivity contribution >= 4 is 23.4 Å². The monoisotopic (exact) mass is 550 g/mol. The zero-order chi connectivity index (χ0) is 28.3. The van der Waals surface area contributed by atoms with Crippen LogP contribution in [0.25, 0.3) is 28.2 Å². The van der Waals surface area contributed by atoms with Crippen molar-refractivity contribution in [2.45, 2.75) is 32.6 Å². The molecular weight excluding hydrogens is 520 g/mol. The number of carbonyl (C=O) groups excluding carboxylic acids is 2. The molecule has 41 heavy (non-hydrogen) atoms.